The van der Waals surface area contributed by atoms with Crippen LogP contribution in [0.5, 0.6) is 0 Å². The summed E-state index contributed by atoms with van der Waals surface area (Å²) in [6, 6.07) is 8.39. The molecule has 1 heterocycles. The predicted molar refractivity (Wildman–Crippen MR) is 56.8 cm³/mol. The second-order valence-electron chi connectivity index (χ2n) is 3.45. The van der Waals surface area contributed by atoms with E-state index in [9.17, 15) is 4.39 Å². The normalized spacial score (nSPS) is 10.5. The van der Waals surface area contributed by atoms with Gasteiger partial charge in [-0.15, -0.1) is 0 Å². The summed E-state index contributed by atoms with van der Waals surface area (Å²) < 4.78 is 12.9. The highest BCUT2D eigenvalue weighted by Gasteiger charge is 1.99. The van der Waals surface area contributed by atoms with Gasteiger partial charge in [-0.1, -0.05) is 12.1 Å². The third-order valence-corrected chi connectivity index (χ3v) is 2.22. The van der Waals surface area contributed by atoms with Crippen molar-refractivity contribution >= 4 is 5.82 Å². The summed E-state index contributed by atoms with van der Waals surface area (Å²) in [4.78, 5) is 0. The van der Waals surface area contributed by atoms with Gasteiger partial charge < -0.3 is 5.73 Å². The molecule has 78 valence electrons. The molecule has 0 aliphatic heterocycles. The van der Waals surface area contributed by atoms with Crippen LogP contribution in [0.2, 0.25) is 0 Å². The van der Waals surface area contributed by atoms with Gasteiger partial charge in [0.15, 0.2) is 0 Å². The third-order valence-electron chi connectivity index (χ3n) is 2.22. The Morgan fingerprint density at radius 1 is 1.27 bits per heavy atom. The minimum Gasteiger partial charge on any atom is -0.382 e. The number of benzene rings is 1. The van der Waals surface area contributed by atoms with Crippen LogP contribution in [-0.4, -0.2) is 10.2 Å². The molecule has 0 spiro atoms. The number of hydrogen-bond donors (Lipinski definition) is 2. The number of nitrogen functional groups attached to an aromatic ring is 1. The summed E-state index contributed by atoms with van der Waals surface area (Å²) >= 11 is 0. The highest BCUT2D eigenvalue weighted by molar-refractivity contribution is 5.29. The molecule has 0 aliphatic carbocycles. The Kier molecular flexibility index (Phi) is 2.67. The van der Waals surface area contributed by atoms with Crippen LogP contribution in [0.4, 0.5) is 10.2 Å². The van der Waals surface area contributed by atoms with Crippen LogP contribution in [0.15, 0.2) is 30.3 Å². The summed E-state index contributed by atoms with van der Waals surface area (Å²) in [7, 11) is 0. The van der Waals surface area contributed by atoms with Gasteiger partial charge in [0.2, 0.25) is 0 Å². The summed E-state index contributed by atoms with van der Waals surface area (Å²) in [5.41, 5.74) is 7.41. The zero-order chi connectivity index (χ0) is 10.7. The minimum absolute atomic E-state index is 0.198. The van der Waals surface area contributed by atoms with Gasteiger partial charge in [-0.05, 0) is 30.5 Å². The predicted octanol–water partition coefficient (Wildman–Crippen LogP) is 1.92. The lowest BCUT2D eigenvalue weighted by molar-refractivity contribution is 0.625. The number of nitrogens with one attached hydrogen (secondary N) is 1. The van der Waals surface area contributed by atoms with E-state index >= 15 is 0 Å². The van der Waals surface area contributed by atoms with E-state index in [0.717, 1.165) is 24.1 Å². The zero-order valence-electron chi connectivity index (χ0n) is 8.20. The number of H-pyrrole nitrogens is 1. The second kappa shape index (κ2) is 4.13. The molecule has 4 heteroatoms. The monoisotopic (exact) mass is 205 g/mol. The first-order valence-electron chi connectivity index (χ1n) is 4.78. The van der Waals surface area contributed by atoms with Gasteiger partial charge in [0.05, 0.1) is 0 Å². The molecule has 0 atom stereocenters. The van der Waals surface area contributed by atoms with E-state index < -0.39 is 0 Å². The fraction of sp³-hybridized carbons (Fsp3) is 0.182. The molecule has 2 aromatic rings. The molecule has 0 radical (unpaired) electrons. The van der Waals surface area contributed by atoms with Crippen LogP contribution < -0.4 is 5.73 Å². The summed E-state index contributed by atoms with van der Waals surface area (Å²) in [5, 5.41) is 6.65. The first-order chi connectivity index (χ1) is 7.24. The maximum absolute atomic E-state index is 12.9. The van der Waals surface area contributed by atoms with Gasteiger partial charge in [0, 0.05) is 11.8 Å². The molecule has 3 nitrogen and oxygen atoms in total. The third kappa shape index (κ3) is 2.56. The standard InChI is InChI=1S/C11H12FN3/c12-9-3-1-2-8(6-9)4-5-10-7-11(13)15-14-10/h1-3,6-7H,4-5H2,(H3,13,14,15). The fourth-order valence-electron chi connectivity index (χ4n) is 1.48. The van der Waals surface area contributed by atoms with Crippen molar-refractivity contribution in [2.45, 2.75) is 12.8 Å². The van der Waals surface area contributed by atoms with E-state index in [4.69, 9.17) is 5.73 Å². The van der Waals surface area contributed by atoms with Crippen molar-refractivity contribution in [2.75, 3.05) is 5.73 Å². The number of nitrogens with zero attached hydrogens (tertiary/aromatic N) is 1. The molecule has 3 N–H and O–H groups in total. The van der Waals surface area contributed by atoms with Crippen LogP contribution >= 0.6 is 0 Å². The average Bonchev–Trinajstić information content (AvgIpc) is 2.62. The van der Waals surface area contributed by atoms with E-state index in [-0.39, 0.29) is 5.82 Å². The van der Waals surface area contributed by atoms with Crippen molar-refractivity contribution in [1.29, 1.82) is 0 Å². The van der Waals surface area contributed by atoms with E-state index in [2.05, 4.69) is 10.2 Å². The smallest absolute Gasteiger partial charge is 0.145 e. The molecule has 0 fully saturated rings. The van der Waals surface area contributed by atoms with Crippen molar-refractivity contribution in [3.63, 3.8) is 0 Å². The average molecular weight is 205 g/mol. The van der Waals surface area contributed by atoms with E-state index in [0.29, 0.717) is 5.82 Å². The highest BCUT2D eigenvalue weighted by Crippen LogP contribution is 2.08. The molecule has 1 aromatic carbocycles. The van der Waals surface area contributed by atoms with Gasteiger partial charge in [-0.25, -0.2) is 4.39 Å². The quantitative estimate of drug-likeness (QED) is 0.804. The molecular formula is C11H12FN3. The van der Waals surface area contributed by atoms with Gasteiger partial charge in [-0.2, -0.15) is 5.10 Å². The lowest BCUT2D eigenvalue weighted by atomic mass is 10.1. The molecule has 0 unspecified atom stereocenters. The second-order valence-corrected chi connectivity index (χ2v) is 3.45. The van der Waals surface area contributed by atoms with Crippen LogP contribution in [0.3, 0.4) is 0 Å². The number of anilines is 1. The van der Waals surface area contributed by atoms with E-state index in [1.54, 1.807) is 18.2 Å². The number of nitrogens with two attached hydrogens (primary N) is 1. The van der Waals surface area contributed by atoms with Gasteiger partial charge in [0.25, 0.3) is 0 Å². The van der Waals surface area contributed by atoms with Crippen molar-refractivity contribution < 1.29 is 4.39 Å². The fourth-order valence-corrected chi connectivity index (χ4v) is 1.48. The van der Waals surface area contributed by atoms with Crippen molar-refractivity contribution in [1.82, 2.24) is 10.2 Å². The van der Waals surface area contributed by atoms with E-state index in [1.807, 2.05) is 6.07 Å². The maximum Gasteiger partial charge on any atom is 0.145 e. The summed E-state index contributed by atoms with van der Waals surface area (Å²) in [6.07, 6.45) is 1.56. The van der Waals surface area contributed by atoms with Gasteiger partial charge in [0.1, 0.15) is 11.6 Å². The Morgan fingerprint density at radius 2 is 2.13 bits per heavy atom. The van der Waals surface area contributed by atoms with Gasteiger partial charge >= 0.3 is 0 Å². The number of aryl methyl sites for hydroxylation is 2. The molecular weight excluding hydrogens is 193 g/mol. The number of aromatic nitrogens is 2. The Balaban J connectivity index is 1.99. The number of aromatic amines is 1. The number of hydrogen-bond acceptors (Lipinski definition) is 2. The molecule has 0 bridgehead atoms. The van der Waals surface area contributed by atoms with Gasteiger partial charge in [-0.3, -0.25) is 5.10 Å². The summed E-state index contributed by atoms with van der Waals surface area (Å²) in [5.74, 6) is 0.292. The topological polar surface area (TPSA) is 54.7 Å². The Hall–Kier alpha value is -1.84. The van der Waals surface area contributed by atoms with Crippen molar-refractivity contribution in [2.24, 2.45) is 0 Å². The summed E-state index contributed by atoms with van der Waals surface area (Å²) in [6.45, 7) is 0. The molecule has 15 heavy (non-hydrogen) atoms. The largest absolute Gasteiger partial charge is 0.382 e. The number of halogens is 1. The van der Waals surface area contributed by atoms with E-state index in [1.165, 1.54) is 6.07 Å². The van der Waals surface area contributed by atoms with Crippen molar-refractivity contribution in [3.8, 4) is 0 Å². The molecule has 0 aliphatic rings. The highest BCUT2D eigenvalue weighted by atomic mass is 19.1. The number of rotatable bonds is 3. The first-order valence-corrected chi connectivity index (χ1v) is 4.78. The van der Waals surface area contributed by atoms with Crippen molar-refractivity contribution in [3.05, 3.63) is 47.4 Å². The Morgan fingerprint density at radius 3 is 2.80 bits per heavy atom. The maximum atomic E-state index is 12.9. The Labute approximate surface area is 87.1 Å². The van der Waals surface area contributed by atoms with Crippen LogP contribution in [0.1, 0.15) is 11.3 Å². The Bertz CT molecular complexity index is 451. The van der Waals surface area contributed by atoms with Crippen LogP contribution in [0, 0.1) is 5.82 Å². The van der Waals surface area contributed by atoms with Crippen LogP contribution in [0.25, 0.3) is 0 Å². The minimum atomic E-state index is -0.198. The van der Waals surface area contributed by atoms with Crippen LogP contribution in [-0.2, 0) is 12.8 Å². The molecule has 0 saturated carbocycles. The first kappa shape index (κ1) is 9.71. The zero-order valence-corrected chi connectivity index (χ0v) is 8.20. The lowest BCUT2D eigenvalue weighted by Gasteiger charge is -1.99. The molecule has 0 amide bonds. The SMILES string of the molecule is Nc1cc(CCc2cccc(F)c2)[nH]n1. The lowest BCUT2D eigenvalue weighted by Crippen LogP contribution is -1.92. The molecule has 1 aromatic heterocycles. The molecule has 2 rings (SSSR count). The molecule has 0 saturated heterocycles.